The van der Waals surface area contributed by atoms with Gasteiger partial charge >= 0.3 is 160 Å². The summed E-state index contributed by atoms with van der Waals surface area (Å²) in [6.07, 6.45) is 4.22. The summed E-state index contributed by atoms with van der Waals surface area (Å²) in [7, 11) is 6.51. The molecule has 0 aromatic rings. The fraction of sp³-hybridized carbons (Fsp3) is 1.00. The second kappa shape index (κ2) is 12.4. The van der Waals surface area contributed by atoms with E-state index in [4.69, 9.17) is 13.3 Å². The Morgan fingerprint density at radius 2 is 0.889 bits per heavy atom. The van der Waals surface area contributed by atoms with Crippen molar-refractivity contribution in [2.45, 2.75) is 30.9 Å². The van der Waals surface area contributed by atoms with Crippen LogP contribution in [0.4, 0.5) is 0 Å². The molecule has 0 radical (unpaired) electrons. The number of nitrogens with zero attached hydrogens (tertiary/aromatic N) is 1. The monoisotopic (exact) mass is 450 g/mol. The van der Waals surface area contributed by atoms with Crippen LogP contribution in [-0.4, -0.2) is 84.2 Å². The molecule has 10 heteroatoms. The third-order valence-electron chi connectivity index (χ3n) is 5.99. The molecule has 1 fully saturated rings. The van der Waals surface area contributed by atoms with Crippen molar-refractivity contribution in [1.82, 2.24) is 19.3 Å². The normalized spacial score (nSPS) is 23.0. The van der Waals surface area contributed by atoms with Crippen LogP contribution in [0.2, 0.25) is 5.23 Å². The minimum Gasteiger partial charge on any atom is -0.147 e. The van der Waals surface area contributed by atoms with Gasteiger partial charge in [-0.3, -0.25) is 0 Å². The number of rotatable bonds is 5. The van der Waals surface area contributed by atoms with Crippen LogP contribution >= 0.6 is 12.4 Å². The van der Waals surface area contributed by atoms with Gasteiger partial charge in [0.25, 0.3) is 0 Å². The Morgan fingerprint density at radius 1 is 0.593 bits per heavy atom. The third kappa shape index (κ3) is 6.86. The SMILES string of the molecule is C[O][Ti]([CH3])([O]C)([O]C)([O]C)[N]1CCCNCCCNCCCNCCC1.Cl. The summed E-state index contributed by atoms with van der Waals surface area (Å²) in [4.78, 5) is 0. The largest absolute Gasteiger partial charge is 0.147 e. The van der Waals surface area contributed by atoms with Gasteiger partial charge in [0, 0.05) is 0 Å². The van der Waals surface area contributed by atoms with E-state index in [-0.39, 0.29) is 12.4 Å². The molecule has 0 amide bonds. The number of hydrogen-bond acceptors (Lipinski definition) is 8. The smallest absolute Gasteiger partial charge is 0.147 e. The minimum atomic E-state index is -5.16. The van der Waals surface area contributed by atoms with E-state index in [0.29, 0.717) is 0 Å². The van der Waals surface area contributed by atoms with Gasteiger partial charge < -0.3 is 0 Å². The molecule has 166 valence electrons. The van der Waals surface area contributed by atoms with Crippen LogP contribution in [-0.2, 0) is 29.1 Å². The quantitative estimate of drug-likeness (QED) is 0.544. The Balaban J connectivity index is 0.00000676. The number of halogens is 1. The van der Waals surface area contributed by atoms with Gasteiger partial charge in [0.2, 0.25) is 0 Å². The summed E-state index contributed by atoms with van der Waals surface area (Å²) in [5, 5.41) is 12.4. The molecule has 1 aliphatic rings. The van der Waals surface area contributed by atoms with E-state index in [0.717, 1.165) is 78.0 Å². The molecule has 1 saturated heterocycles. The molecule has 1 heterocycles. The second-order valence-corrected chi connectivity index (χ2v) is 16.9. The van der Waals surface area contributed by atoms with Crippen molar-refractivity contribution in [2.24, 2.45) is 0 Å². The molecule has 0 bridgehead atoms. The van der Waals surface area contributed by atoms with Crippen molar-refractivity contribution in [1.29, 1.82) is 0 Å². The summed E-state index contributed by atoms with van der Waals surface area (Å²) in [6.45, 7) is 7.64. The van der Waals surface area contributed by atoms with Crippen molar-refractivity contribution in [2.75, 3.05) is 80.8 Å². The molecule has 0 saturated carbocycles. The molecule has 3 N–H and O–H groups in total. The minimum absolute atomic E-state index is 0. The van der Waals surface area contributed by atoms with Gasteiger partial charge in [0.15, 0.2) is 0 Å². The predicted molar refractivity (Wildman–Crippen MR) is 110 cm³/mol. The average Bonchev–Trinajstić information content (AvgIpc) is 2.68. The van der Waals surface area contributed by atoms with E-state index in [1.807, 2.05) is 5.23 Å². The molecule has 1 rings (SSSR count). The number of hydrogen-bond donors (Lipinski definition) is 3. The molecular weight excluding hydrogens is 408 g/mol. The Hall–Kier alpha value is 0.684. The van der Waals surface area contributed by atoms with Crippen LogP contribution in [0.25, 0.3) is 0 Å². The summed E-state index contributed by atoms with van der Waals surface area (Å²) < 4.78 is 26.2. The maximum atomic E-state index is 6.00. The molecule has 0 spiro atoms. The molecule has 0 aliphatic carbocycles. The molecule has 0 unspecified atom stereocenters. The van der Waals surface area contributed by atoms with E-state index < -0.39 is 15.8 Å². The Kier molecular flexibility index (Phi) is 12.7. The van der Waals surface area contributed by atoms with Gasteiger partial charge in [0.1, 0.15) is 0 Å². The van der Waals surface area contributed by atoms with Gasteiger partial charge in [-0.05, 0) is 0 Å². The van der Waals surface area contributed by atoms with Crippen molar-refractivity contribution in [3.8, 4) is 0 Å². The van der Waals surface area contributed by atoms with Gasteiger partial charge in [-0.15, -0.1) is 12.4 Å². The van der Waals surface area contributed by atoms with Crippen molar-refractivity contribution < 1.29 is 29.1 Å². The Morgan fingerprint density at radius 3 is 1.19 bits per heavy atom. The van der Waals surface area contributed by atoms with Gasteiger partial charge in [-0.1, -0.05) is 0 Å². The van der Waals surface area contributed by atoms with Gasteiger partial charge in [0.05, 0.1) is 0 Å². The van der Waals surface area contributed by atoms with E-state index in [9.17, 15) is 0 Å². The van der Waals surface area contributed by atoms with Crippen molar-refractivity contribution >= 4 is 12.4 Å². The number of nitrogens with one attached hydrogen (secondary N) is 3. The zero-order valence-corrected chi connectivity index (χ0v) is 20.4. The van der Waals surface area contributed by atoms with Crippen LogP contribution in [0, 0.1) is 0 Å². The summed E-state index contributed by atoms with van der Waals surface area (Å²) in [5.41, 5.74) is 0. The molecule has 0 aromatic carbocycles. The van der Waals surface area contributed by atoms with Gasteiger partial charge in [-0.25, -0.2) is 0 Å². The first kappa shape index (κ1) is 27.7. The summed E-state index contributed by atoms with van der Waals surface area (Å²) >= 11 is -5.16. The molecule has 0 atom stereocenters. The van der Waals surface area contributed by atoms with Crippen molar-refractivity contribution in [3.05, 3.63) is 0 Å². The van der Waals surface area contributed by atoms with Gasteiger partial charge in [-0.2, -0.15) is 0 Å². The van der Waals surface area contributed by atoms with E-state index >= 15 is 0 Å². The van der Waals surface area contributed by atoms with Crippen molar-refractivity contribution in [3.63, 3.8) is 0 Å². The molecule has 27 heavy (non-hydrogen) atoms. The zero-order valence-electron chi connectivity index (χ0n) is 18.0. The molecular formula is C17H43ClN4O4Ti. The molecule has 0 aromatic heterocycles. The van der Waals surface area contributed by atoms with E-state index in [2.05, 4.69) is 19.3 Å². The molecule has 1 aliphatic heterocycles. The van der Waals surface area contributed by atoms with Crippen LogP contribution in [0.1, 0.15) is 25.7 Å². The summed E-state index contributed by atoms with van der Waals surface area (Å²) in [6, 6.07) is 0. The third-order valence-corrected chi connectivity index (χ3v) is 16.1. The second-order valence-electron chi connectivity index (χ2n) is 7.37. The average molecular weight is 451 g/mol. The van der Waals surface area contributed by atoms with E-state index in [1.54, 1.807) is 28.4 Å². The fourth-order valence-corrected chi connectivity index (χ4v) is 9.07. The maximum absolute atomic E-state index is 6.00. The van der Waals surface area contributed by atoms with Crippen LogP contribution < -0.4 is 16.0 Å². The first-order valence-electron chi connectivity index (χ1n) is 9.93. The predicted octanol–water partition coefficient (Wildman–Crippen LogP) is 1.49. The first-order valence-corrected chi connectivity index (χ1v) is 14.7. The Labute approximate surface area is 172 Å². The van der Waals surface area contributed by atoms with Crippen LogP contribution in [0.15, 0.2) is 0 Å². The van der Waals surface area contributed by atoms with Crippen LogP contribution in [0.5, 0.6) is 0 Å². The summed E-state index contributed by atoms with van der Waals surface area (Å²) in [5.74, 6) is 0. The standard InChI is InChI=1S/C12H27N4.4CH3O.CH3.ClH.Ti/c1-5-13-7-2-9-15-11-4-12-16-10-3-8-14-6-1;4*1-2;;;/h13-15H,1-12H2;4*1H3;1H3;1H;/q5*-1;;;+5. The topological polar surface area (TPSA) is 76.2 Å². The first-order chi connectivity index (χ1) is 12.4. The zero-order chi connectivity index (χ0) is 19.4. The maximum Gasteiger partial charge on any atom is -0.147 e. The fourth-order valence-electron chi connectivity index (χ4n) is 3.56. The Bertz CT molecular complexity index is 373. The molecule has 8 nitrogen and oxygen atoms in total. The van der Waals surface area contributed by atoms with E-state index in [1.165, 1.54) is 0 Å². The van der Waals surface area contributed by atoms with Crippen LogP contribution in [0.3, 0.4) is 0 Å².